The number of benzene rings is 3. The Labute approximate surface area is 230 Å². The highest BCUT2D eigenvalue weighted by atomic mass is 79.9. The number of aliphatic hydroxyl groups excluding tert-OH is 1. The first kappa shape index (κ1) is 25.1. The molecule has 38 heavy (non-hydrogen) atoms. The van der Waals surface area contributed by atoms with Crippen LogP contribution in [0.2, 0.25) is 0 Å². The molecule has 1 fully saturated rings. The molecule has 2 heterocycles. The topological polar surface area (TPSA) is 83.8 Å². The summed E-state index contributed by atoms with van der Waals surface area (Å²) in [5.74, 6) is 0.00391. The Balaban J connectivity index is 1.53. The van der Waals surface area contributed by atoms with Crippen LogP contribution in [0.4, 0.5) is 0 Å². The zero-order chi connectivity index (χ0) is 26.3. The van der Waals surface area contributed by atoms with Crippen LogP contribution in [-0.4, -0.2) is 35.0 Å². The molecule has 0 spiro atoms. The summed E-state index contributed by atoms with van der Waals surface area (Å²) < 4.78 is 13.4. The number of aliphatic hydroxyl groups is 2. The monoisotopic (exact) mass is 572 g/mol. The maximum atomic E-state index is 12.8. The summed E-state index contributed by atoms with van der Waals surface area (Å²) in [6.07, 6.45) is 1.98. The molecule has 2 aliphatic rings. The minimum Gasteiger partial charge on any atom is -0.495 e. The zero-order valence-electron chi connectivity index (χ0n) is 20.9. The maximum Gasteiger partial charge on any atom is 0.177 e. The molecule has 3 aromatic carbocycles. The van der Waals surface area contributed by atoms with Crippen LogP contribution in [0.15, 0.2) is 102 Å². The Morgan fingerprint density at radius 3 is 2.34 bits per heavy atom. The molecule has 3 N–H and O–H groups in total. The van der Waals surface area contributed by atoms with Gasteiger partial charge in [-0.15, -0.1) is 0 Å². The number of rotatable bonds is 7. The van der Waals surface area contributed by atoms with Gasteiger partial charge in [0, 0.05) is 29.4 Å². The van der Waals surface area contributed by atoms with E-state index in [4.69, 9.17) is 9.47 Å². The van der Waals surface area contributed by atoms with Crippen molar-refractivity contribution in [2.24, 2.45) is 5.92 Å². The number of halogens is 1. The van der Waals surface area contributed by atoms with Crippen LogP contribution in [-0.2, 0) is 17.7 Å². The molecule has 0 unspecified atom stereocenters. The average molecular weight is 573 g/mol. The van der Waals surface area contributed by atoms with E-state index in [2.05, 4.69) is 38.4 Å². The fraction of sp³-hybridized carbons (Fsp3) is 0.258. The van der Waals surface area contributed by atoms with Gasteiger partial charge in [0.2, 0.25) is 0 Å². The first-order valence-corrected chi connectivity index (χ1v) is 13.5. The molecule has 1 aromatic heterocycles. The fourth-order valence-electron chi connectivity index (χ4n) is 6.44. The number of nitrogens with one attached hydrogen (secondary N) is 1. The molecule has 1 saturated carbocycles. The first-order valence-electron chi connectivity index (χ1n) is 12.7. The van der Waals surface area contributed by atoms with Crippen molar-refractivity contribution in [1.82, 2.24) is 10.3 Å². The number of pyridine rings is 1. The number of fused-ring (bicyclic) bond motifs is 3. The van der Waals surface area contributed by atoms with Gasteiger partial charge in [-0.3, -0.25) is 4.98 Å². The predicted octanol–water partition coefficient (Wildman–Crippen LogP) is 4.89. The largest absolute Gasteiger partial charge is 0.495 e. The van der Waals surface area contributed by atoms with Crippen LogP contribution >= 0.6 is 15.9 Å². The number of methoxy groups -OCH3 is 1. The lowest BCUT2D eigenvalue weighted by Gasteiger charge is -2.41. The molecular weight excluding hydrogens is 544 g/mol. The molecule has 194 valence electrons. The van der Waals surface area contributed by atoms with E-state index in [0.29, 0.717) is 30.2 Å². The molecule has 4 aromatic rings. The van der Waals surface area contributed by atoms with Gasteiger partial charge in [-0.05, 0) is 28.8 Å². The van der Waals surface area contributed by atoms with E-state index >= 15 is 0 Å². The molecule has 7 heteroatoms. The molecule has 5 atom stereocenters. The van der Waals surface area contributed by atoms with Gasteiger partial charge in [0.25, 0.3) is 0 Å². The van der Waals surface area contributed by atoms with Gasteiger partial charge in [-0.2, -0.15) is 0 Å². The Hall–Kier alpha value is -3.23. The summed E-state index contributed by atoms with van der Waals surface area (Å²) in [6.45, 7) is 1.10. The summed E-state index contributed by atoms with van der Waals surface area (Å²) >= 11 is 3.54. The van der Waals surface area contributed by atoms with Crippen LogP contribution in [0.25, 0.3) is 0 Å². The second kappa shape index (κ2) is 9.82. The van der Waals surface area contributed by atoms with Gasteiger partial charge in [0.1, 0.15) is 11.5 Å². The predicted molar refractivity (Wildman–Crippen MR) is 148 cm³/mol. The molecule has 6 rings (SSSR count). The fourth-order valence-corrected chi connectivity index (χ4v) is 6.70. The SMILES string of the molecule is COc1cncc2c1[C@]1(O)[C@H](O)[C@H](CNCc3ccccc3)[C@@H](c3ccccc3)[C@]1(c1ccc(Br)cc1)O2. The van der Waals surface area contributed by atoms with E-state index in [0.717, 1.165) is 21.2 Å². The summed E-state index contributed by atoms with van der Waals surface area (Å²) in [5, 5.41) is 28.5. The zero-order valence-corrected chi connectivity index (χ0v) is 22.5. The van der Waals surface area contributed by atoms with Crippen molar-refractivity contribution in [2.75, 3.05) is 13.7 Å². The van der Waals surface area contributed by atoms with E-state index in [9.17, 15) is 10.2 Å². The van der Waals surface area contributed by atoms with Crippen molar-refractivity contribution in [3.8, 4) is 11.5 Å². The summed E-state index contributed by atoms with van der Waals surface area (Å²) in [5.41, 5.74) is 0.177. The highest BCUT2D eigenvalue weighted by molar-refractivity contribution is 9.10. The molecule has 1 aliphatic heterocycles. The molecule has 6 nitrogen and oxygen atoms in total. The first-order chi connectivity index (χ1) is 18.5. The number of ether oxygens (including phenoxy) is 2. The Morgan fingerprint density at radius 2 is 1.66 bits per heavy atom. The third kappa shape index (κ3) is 3.68. The van der Waals surface area contributed by atoms with E-state index in [-0.39, 0.29) is 5.92 Å². The Morgan fingerprint density at radius 1 is 0.974 bits per heavy atom. The maximum absolute atomic E-state index is 12.8. The van der Waals surface area contributed by atoms with Gasteiger partial charge >= 0.3 is 0 Å². The van der Waals surface area contributed by atoms with Gasteiger partial charge in [-0.1, -0.05) is 88.7 Å². The van der Waals surface area contributed by atoms with Crippen molar-refractivity contribution in [3.05, 3.63) is 124 Å². The summed E-state index contributed by atoms with van der Waals surface area (Å²) in [7, 11) is 1.54. The third-order valence-electron chi connectivity index (χ3n) is 8.00. The molecule has 0 bridgehead atoms. The lowest BCUT2D eigenvalue weighted by Crippen LogP contribution is -2.52. The van der Waals surface area contributed by atoms with Gasteiger partial charge in [-0.25, -0.2) is 0 Å². The van der Waals surface area contributed by atoms with Gasteiger partial charge < -0.3 is 25.0 Å². The summed E-state index contributed by atoms with van der Waals surface area (Å²) in [6, 6.07) is 27.9. The quantitative estimate of drug-likeness (QED) is 0.292. The average Bonchev–Trinajstić information content (AvgIpc) is 3.33. The molecule has 0 radical (unpaired) electrons. The lowest BCUT2D eigenvalue weighted by molar-refractivity contribution is -0.152. The van der Waals surface area contributed by atoms with Crippen LogP contribution < -0.4 is 14.8 Å². The van der Waals surface area contributed by atoms with E-state index in [1.54, 1.807) is 12.4 Å². The minimum absolute atomic E-state index is 0.382. The standard InChI is InChI=1S/C31H29BrN2O4/c1-37-25-18-34-19-26-28(25)30(36)29(35)24(17-33-16-20-8-4-2-5-9-20)27(21-10-6-3-7-11-21)31(30,38-26)22-12-14-23(32)15-13-22/h2-15,18-19,24,27,29,33,35-36H,16-17H2,1H3/t24-,27-,29-,30+,31+/m1/s1. The molecule has 0 amide bonds. The molecule has 1 aliphatic carbocycles. The smallest absolute Gasteiger partial charge is 0.177 e. The van der Waals surface area contributed by atoms with Crippen molar-refractivity contribution in [3.63, 3.8) is 0 Å². The van der Waals surface area contributed by atoms with Gasteiger partial charge in [0.05, 0.1) is 31.2 Å². The van der Waals surface area contributed by atoms with Crippen LogP contribution in [0.5, 0.6) is 11.5 Å². The van der Waals surface area contributed by atoms with E-state index in [1.807, 2.05) is 72.8 Å². The van der Waals surface area contributed by atoms with E-state index < -0.39 is 23.2 Å². The molecule has 0 saturated heterocycles. The summed E-state index contributed by atoms with van der Waals surface area (Å²) in [4.78, 5) is 4.29. The normalized spacial score (nSPS) is 27.4. The van der Waals surface area contributed by atoms with Crippen LogP contribution in [0, 0.1) is 5.92 Å². The highest BCUT2D eigenvalue weighted by Crippen LogP contribution is 2.69. The Kier molecular flexibility index (Phi) is 6.48. The number of nitrogens with zero attached hydrogens (tertiary/aromatic N) is 1. The third-order valence-corrected chi connectivity index (χ3v) is 8.53. The van der Waals surface area contributed by atoms with Crippen molar-refractivity contribution in [2.45, 2.75) is 29.8 Å². The van der Waals surface area contributed by atoms with Gasteiger partial charge in [0.15, 0.2) is 11.2 Å². The second-order valence-electron chi connectivity index (χ2n) is 9.94. The minimum atomic E-state index is -1.80. The van der Waals surface area contributed by atoms with Crippen molar-refractivity contribution in [1.29, 1.82) is 0 Å². The highest BCUT2D eigenvalue weighted by Gasteiger charge is 2.76. The van der Waals surface area contributed by atoms with E-state index in [1.165, 1.54) is 7.11 Å². The number of aromatic nitrogens is 1. The van der Waals surface area contributed by atoms with Crippen molar-refractivity contribution >= 4 is 15.9 Å². The lowest BCUT2D eigenvalue weighted by atomic mass is 9.70. The van der Waals surface area contributed by atoms with Crippen LogP contribution in [0.3, 0.4) is 0 Å². The second-order valence-corrected chi connectivity index (χ2v) is 10.9. The van der Waals surface area contributed by atoms with Crippen LogP contribution in [0.1, 0.15) is 28.2 Å². The number of hydrogen-bond acceptors (Lipinski definition) is 6. The number of hydrogen-bond donors (Lipinski definition) is 3. The Bertz CT molecular complexity index is 1420. The molecular formula is C31H29BrN2O4. The van der Waals surface area contributed by atoms with Crippen molar-refractivity contribution < 1.29 is 19.7 Å².